The van der Waals surface area contributed by atoms with Crippen LogP contribution in [0.5, 0.6) is 5.75 Å². The molecule has 4 heteroatoms. The van der Waals surface area contributed by atoms with Gasteiger partial charge in [0, 0.05) is 0 Å². The topological polar surface area (TPSA) is 72.5 Å². The predicted molar refractivity (Wildman–Crippen MR) is 61.2 cm³/mol. The first-order valence-electron chi connectivity index (χ1n) is 5.25. The zero-order chi connectivity index (χ0) is 12.1. The van der Waals surface area contributed by atoms with E-state index in [2.05, 4.69) is 0 Å². The fourth-order valence-corrected chi connectivity index (χ4v) is 1.48. The Labute approximate surface area is 95.0 Å². The molecule has 0 unspecified atom stereocenters. The van der Waals surface area contributed by atoms with E-state index in [0.717, 1.165) is 11.1 Å². The molecule has 0 radical (unpaired) electrons. The van der Waals surface area contributed by atoms with Gasteiger partial charge in [-0.2, -0.15) is 0 Å². The van der Waals surface area contributed by atoms with Crippen molar-refractivity contribution in [3.8, 4) is 5.75 Å². The van der Waals surface area contributed by atoms with Crippen molar-refractivity contribution < 1.29 is 14.6 Å². The number of nitrogens with two attached hydrogens (primary N) is 1. The van der Waals surface area contributed by atoms with Crippen LogP contribution in [0.15, 0.2) is 18.2 Å². The van der Waals surface area contributed by atoms with Crippen LogP contribution >= 0.6 is 0 Å². The van der Waals surface area contributed by atoms with Crippen LogP contribution in [-0.2, 0) is 16.0 Å². The highest BCUT2D eigenvalue weighted by atomic mass is 16.5. The fraction of sp³-hybridized carbons (Fsp3) is 0.417. The van der Waals surface area contributed by atoms with Gasteiger partial charge in [-0.3, -0.25) is 4.79 Å². The molecular formula is C12H17NO3. The van der Waals surface area contributed by atoms with Crippen LogP contribution in [0.25, 0.3) is 0 Å². The summed E-state index contributed by atoms with van der Waals surface area (Å²) in [5.41, 5.74) is 7.56. The zero-order valence-corrected chi connectivity index (χ0v) is 9.56. The van der Waals surface area contributed by atoms with Crippen molar-refractivity contribution in [1.29, 1.82) is 0 Å². The van der Waals surface area contributed by atoms with E-state index >= 15 is 0 Å². The van der Waals surface area contributed by atoms with Gasteiger partial charge in [0.2, 0.25) is 0 Å². The lowest BCUT2D eigenvalue weighted by Gasteiger charge is -2.12. The largest absolute Gasteiger partial charge is 0.508 e. The van der Waals surface area contributed by atoms with Crippen LogP contribution in [0, 0.1) is 6.92 Å². The molecule has 0 spiro atoms. The maximum Gasteiger partial charge on any atom is 0.323 e. The van der Waals surface area contributed by atoms with Crippen LogP contribution in [0.2, 0.25) is 0 Å². The number of aromatic hydroxyl groups is 1. The summed E-state index contributed by atoms with van der Waals surface area (Å²) in [7, 11) is 0. The third-order valence-electron chi connectivity index (χ3n) is 2.36. The number of benzene rings is 1. The fourth-order valence-electron chi connectivity index (χ4n) is 1.48. The Kier molecular flexibility index (Phi) is 4.31. The molecule has 0 aliphatic carbocycles. The number of phenolic OH excluding ortho intramolecular Hbond substituents is 1. The summed E-state index contributed by atoms with van der Waals surface area (Å²) in [6.07, 6.45) is 0.422. The van der Waals surface area contributed by atoms with Gasteiger partial charge in [-0.1, -0.05) is 6.07 Å². The normalized spacial score (nSPS) is 12.2. The molecule has 1 atom stereocenters. The van der Waals surface area contributed by atoms with E-state index in [1.807, 2.05) is 6.92 Å². The van der Waals surface area contributed by atoms with Gasteiger partial charge in [0.25, 0.3) is 0 Å². The first-order valence-corrected chi connectivity index (χ1v) is 5.25. The van der Waals surface area contributed by atoms with Gasteiger partial charge in [-0.05, 0) is 43.5 Å². The summed E-state index contributed by atoms with van der Waals surface area (Å²) in [6.45, 7) is 3.95. The van der Waals surface area contributed by atoms with Crippen molar-refractivity contribution in [3.63, 3.8) is 0 Å². The Bertz CT molecular complexity index is 377. The zero-order valence-electron chi connectivity index (χ0n) is 9.56. The number of phenols is 1. The van der Waals surface area contributed by atoms with E-state index in [4.69, 9.17) is 10.5 Å². The SMILES string of the molecule is CCOC(=O)[C@@H](N)Cc1ccc(O)cc1C. The molecule has 88 valence electrons. The molecular weight excluding hydrogens is 206 g/mol. The second-order valence-electron chi connectivity index (χ2n) is 3.67. The lowest BCUT2D eigenvalue weighted by atomic mass is 10.0. The summed E-state index contributed by atoms with van der Waals surface area (Å²) in [5.74, 6) is -0.180. The lowest BCUT2D eigenvalue weighted by molar-refractivity contribution is -0.144. The number of carbonyl (C=O) groups excluding carboxylic acids is 1. The summed E-state index contributed by atoms with van der Waals surface area (Å²) < 4.78 is 4.83. The monoisotopic (exact) mass is 223 g/mol. The summed E-state index contributed by atoms with van der Waals surface area (Å²) in [5, 5.41) is 9.24. The highest BCUT2D eigenvalue weighted by molar-refractivity contribution is 5.75. The number of aryl methyl sites for hydroxylation is 1. The van der Waals surface area contributed by atoms with Gasteiger partial charge >= 0.3 is 5.97 Å². The molecule has 0 aliphatic heterocycles. The van der Waals surface area contributed by atoms with E-state index < -0.39 is 12.0 Å². The number of rotatable bonds is 4. The molecule has 0 saturated carbocycles. The van der Waals surface area contributed by atoms with Gasteiger partial charge in [0.05, 0.1) is 6.61 Å². The third-order valence-corrected chi connectivity index (χ3v) is 2.36. The number of ether oxygens (including phenoxy) is 1. The molecule has 0 saturated heterocycles. The average Bonchev–Trinajstić information content (AvgIpc) is 2.22. The van der Waals surface area contributed by atoms with Crippen molar-refractivity contribution in [2.24, 2.45) is 5.73 Å². The summed E-state index contributed by atoms with van der Waals surface area (Å²) >= 11 is 0. The average molecular weight is 223 g/mol. The molecule has 0 bridgehead atoms. The summed E-state index contributed by atoms with van der Waals surface area (Å²) in [6, 6.07) is 4.35. The van der Waals surface area contributed by atoms with Gasteiger partial charge in [0.1, 0.15) is 11.8 Å². The Morgan fingerprint density at radius 2 is 2.25 bits per heavy atom. The molecule has 0 aliphatic rings. The van der Waals surface area contributed by atoms with E-state index in [0.29, 0.717) is 13.0 Å². The number of esters is 1. The predicted octanol–water partition coefficient (Wildman–Crippen LogP) is 1.13. The van der Waals surface area contributed by atoms with E-state index in [1.165, 1.54) is 0 Å². The second kappa shape index (κ2) is 5.51. The first-order chi connectivity index (χ1) is 7.54. The second-order valence-corrected chi connectivity index (χ2v) is 3.67. The van der Waals surface area contributed by atoms with Crippen molar-refractivity contribution >= 4 is 5.97 Å². The standard InChI is InChI=1S/C12H17NO3/c1-3-16-12(15)11(13)7-9-4-5-10(14)6-8(9)2/h4-6,11,14H,3,7,13H2,1-2H3/t11-/m0/s1. The van der Waals surface area contributed by atoms with E-state index in [-0.39, 0.29) is 5.75 Å². The molecule has 1 aromatic rings. The van der Waals surface area contributed by atoms with E-state index in [1.54, 1.807) is 25.1 Å². The molecule has 0 heterocycles. The van der Waals surface area contributed by atoms with Crippen molar-refractivity contribution in [1.82, 2.24) is 0 Å². The Morgan fingerprint density at radius 3 is 2.81 bits per heavy atom. The lowest BCUT2D eigenvalue weighted by Crippen LogP contribution is -2.34. The highest BCUT2D eigenvalue weighted by Gasteiger charge is 2.15. The number of carbonyl (C=O) groups is 1. The molecule has 0 amide bonds. The van der Waals surface area contributed by atoms with Crippen molar-refractivity contribution in [2.75, 3.05) is 6.61 Å². The van der Waals surface area contributed by atoms with Gasteiger partial charge in [-0.15, -0.1) is 0 Å². The molecule has 16 heavy (non-hydrogen) atoms. The number of hydrogen-bond donors (Lipinski definition) is 2. The molecule has 4 nitrogen and oxygen atoms in total. The van der Waals surface area contributed by atoms with Crippen molar-refractivity contribution in [3.05, 3.63) is 29.3 Å². The molecule has 1 aromatic carbocycles. The smallest absolute Gasteiger partial charge is 0.323 e. The van der Waals surface area contributed by atoms with Gasteiger partial charge in [0.15, 0.2) is 0 Å². The Morgan fingerprint density at radius 1 is 1.56 bits per heavy atom. The van der Waals surface area contributed by atoms with Gasteiger partial charge in [-0.25, -0.2) is 0 Å². The highest BCUT2D eigenvalue weighted by Crippen LogP contribution is 2.16. The van der Waals surface area contributed by atoms with Crippen LogP contribution in [-0.4, -0.2) is 23.7 Å². The van der Waals surface area contributed by atoms with Crippen LogP contribution in [0.3, 0.4) is 0 Å². The molecule has 1 rings (SSSR count). The summed E-state index contributed by atoms with van der Waals surface area (Å²) in [4.78, 5) is 11.3. The minimum Gasteiger partial charge on any atom is -0.508 e. The minimum absolute atomic E-state index is 0.214. The van der Waals surface area contributed by atoms with Crippen LogP contribution < -0.4 is 5.73 Å². The maximum absolute atomic E-state index is 11.3. The van der Waals surface area contributed by atoms with Crippen molar-refractivity contribution in [2.45, 2.75) is 26.3 Å². The van der Waals surface area contributed by atoms with Crippen LogP contribution in [0.4, 0.5) is 0 Å². The minimum atomic E-state index is -0.650. The molecule has 0 fully saturated rings. The van der Waals surface area contributed by atoms with Crippen LogP contribution in [0.1, 0.15) is 18.1 Å². The van der Waals surface area contributed by atoms with E-state index in [9.17, 15) is 9.90 Å². The Balaban J connectivity index is 2.69. The Hall–Kier alpha value is -1.55. The quantitative estimate of drug-likeness (QED) is 0.751. The number of hydrogen-bond acceptors (Lipinski definition) is 4. The first kappa shape index (κ1) is 12.5. The maximum atomic E-state index is 11.3. The third kappa shape index (κ3) is 3.24. The van der Waals surface area contributed by atoms with Gasteiger partial charge < -0.3 is 15.6 Å². The molecule has 3 N–H and O–H groups in total. The molecule has 0 aromatic heterocycles.